The van der Waals surface area contributed by atoms with Crippen LogP contribution in [0, 0.1) is 0 Å². The molecule has 8 nitrogen and oxygen atoms in total. The van der Waals surface area contributed by atoms with Gasteiger partial charge in [-0.3, -0.25) is 4.98 Å². The lowest BCUT2D eigenvalue weighted by atomic mass is 9.94. The lowest BCUT2D eigenvalue weighted by Crippen LogP contribution is -2.39. The molecule has 0 radical (unpaired) electrons. The van der Waals surface area contributed by atoms with Crippen LogP contribution in [0.1, 0.15) is 32.6 Å². The van der Waals surface area contributed by atoms with E-state index in [1.54, 1.807) is 30.5 Å². The normalized spacial score (nSPS) is 19.8. The molecule has 2 aromatic rings. The summed E-state index contributed by atoms with van der Waals surface area (Å²) in [6, 6.07) is 6.33. The van der Waals surface area contributed by atoms with Gasteiger partial charge < -0.3 is 14.2 Å². The summed E-state index contributed by atoms with van der Waals surface area (Å²) < 4.78 is 44.2. The van der Waals surface area contributed by atoms with Gasteiger partial charge in [-0.25, -0.2) is 13.1 Å². The smallest absolute Gasteiger partial charge is 0.240 e. The lowest BCUT2D eigenvalue weighted by Gasteiger charge is -2.29. The number of aromatic nitrogens is 2. The molecular weight excluding hydrogens is 382 g/mol. The van der Waals surface area contributed by atoms with Gasteiger partial charge in [0.25, 0.3) is 0 Å². The first-order valence-electron chi connectivity index (χ1n) is 9.28. The molecule has 0 bridgehead atoms. The van der Waals surface area contributed by atoms with E-state index in [-0.39, 0.29) is 17.0 Å². The molecule has 0 amide bonds. The van der Waals surface area contributed by atoms with Gasteiger partial charge in [0.2, 0.25) is 21.8 Å². The Bertz CT molecular complexity index is 865. The fourth-order valence-corrected chi connectivity index (χ4v) is 4.43. The number of ether oxygens (including phenoxy) is 3. The van der Waals surface area contributed by atoms with Crippen LogP contribution in [0.2, 0.25) is 0 Å². The van der Waals surface area contributed by atoms with Gasteiger partial charge in [-0.2, -0.15) is 4.98 Å². The topological polar surface area (TPSA) is 99.6 Å². The molecule has 0 spiro atoms. The van der Waals surface area contributed by atoms with Crippen molar-refractivity contribution in [3.63, 3.8) is 0 Å². The lowest BCUT2D eigenvalue weighted by molar-refractivity contribution is 0.136. The van der Waals surface area contributed by atoms with Crippen LogP contribution in [0.3, 0.4) is 0 Å². The zero-order valence-corrected chi connectivity index (χ0v) is 16.8. The average Bonchev–Trinajstić information content (AvgIpc) is 2.70. The van der Waals surface area contributed by atoms with Crippen LogP contribution in [0.5, 0.6) is 17.5 Å². The molecule has 152 valence electrons. The summed E-state index contributed by atoms with van der Waals surface area (Å²) in [5, 5.41) is 0. The Morgan fingerprint density at radius 2 is 1.75 bits per heavy atom. The van der Waals surface area contributed by atoms with E-state index in [2.05, 4.69) is 14.7 Å². The Labute approximate surface area is 165 Å². The van der Waals surface area contributed by atoms with Crippen molar-refractivity contribution in [2.24, 2.45) is 0 Å². The number of hydrogen-bond donors (Lipinski definition) is 1. The van der Waals surface area contributed by atoms with E-state index in [9.17, 15) is 8.42 Å². The van der Waals surface area contributed by atoms with Crippen LogP contribution in [0.15, 0.2) is 41.6 Å². The van der Waals surface area contributed by atoms with Crippen LogP contribution >= 0.6 is 0 Å². The fraction of sp³-hybridized carbons (Fsp3) is 0.474. The molecule has 1 aliphatic carbocycles. The predicted molar refractivity (Wildman–Crippen MR) is 103 cm³/mol. The first-order valence-corrected chi connectivity index (χ1v) is 10.8. The summed E-state index contributed by atoms with van der Waals surface area (Å²) in [6.07, 6.45) is 5.89. The minimum atomic E-state index is -3.56. The summed E-state index contributed by atoms with van der Waals surface area (Å²) in [4.78, 5) is 8.45. The monoisotopic (exact) mass is 407 g/mol. The highest BCUT2D eigenvalue weighted by Gasteiger charge is 2.27. The Hall–Kier alpha value is -2.39. The Morgan fingerprint density at radius 1 is 1.07 bits per heavy atom. The average molecular weight is 407 g/mol. The van der Waals surface area contributed by atoms with E-state index in [0.717, 1.165) is 12.8 Å². The standard InChI is InChI=1S/C19H25N3O5S/c1-3-26-15-8-10-17(11-9-15)28(23,24)22-14-4-6-16(7-5-14)27-19-13-20-12-18(21-19)25-2/h8-14,16,22H,3-7H2,1-2H3. The van der Waals surface area contributed by atoms with Crippen molar-refractivity contribution in [3.8, 4) is 17.5 Å². The molecule has 0 aliphatic heterocycles. The van der Waals surface area contributed by atoms with E-state index in [1.165, 1.54) is 13.3 Å². The van der Waals surface area contributed by atoms with Crippen molar-refractivity contribution in [2.75, 3.05) is 13.7 Å². The molecule has 0 unspecified atom stereocenters. The van der Waals surface area contributed by atoms with Gasteiger partial charge in [-0.1, -0.05) is 0 Å². The molecule has 28 heavy (non-hydrogen) atoms. The second-order valence-electron chi connectivity index (χ2n) is 6.52. The van der Waals surface area contributed by atoms with E-state index < -0.39 is 10.0 Å². The van der Waals surface area contributed by atoms with Crippen molar-refractivity contribution in [3.05, 3.63) is 36.7 Å². The molecule has 1 fully saturated rings. The number of nitrogens with one attached hydrogen (secondary N) is 1. The second kappa shape index (κ2) is 9.20. The minimum absolute atomic E-state index is 0.0207. The number of hydrogen-bond acceptors (Lipinski definition) is 7. The van der Waals surface area contributed by atoms with Gasteiger partial charge in [0.15, 0.2) is 0 Å². The number of rotatable bonds is 8. The van der Waals surface area contributed by atoms with Gasteiger partial charge in [-0.05, 0) is 56.9 Å². The zero-order valence-electron chi connectivity index (χ0n) is 16.0. The van der Waals surface area contributed by atoms with Gasteiger partial charge in [-0.15, -0.1) is 0 Å². The molecule has 1 aliphatic rings. The minimum Gasteiger partial charge on any atom is -0.494 e. The van der Waals surface area contributed by atoms with Gasteiger partial charge >= 0.3 is 0 Å². The van der Waals surface area contributed by atoms with Gasteiger partial charge in [0.05, 0.1) is 31.0 Å². The first kappa shape index (κ1) is 20.3. The van der Waals surface area contributed by atoms with Crippen LogP contribution in [0.4, 0.5) is 0 Å². The van der Waals surface area contributed by atoms with Crippen LogP contribution in [-0.4, -0.2) is 44.2 Å². The van der Waals surface area contributed by atoms with Crippen molar-refractivity contribution in [1.82, 2.24) is 14.7 Å². The summed E-state index contributed by atoms with van der Waals surface area (Å²) >= 11 is 0. The molecule has 0 saturated heterocycles. The van der Waals surface area contributed by atoms with Crippen LogP contribution < -0.4 is 18.9 Å². The van der Waals surface area contributed by atoms with Crippen molar-refractivity contribution in [2.45, 2.75) is 49.6 Å². The molecule has 1 heterocycles. The van der Waals surface area contributed by atoms with E-state index in [1.807, 2.05) is 6.92 Å². The van der Waals surface area contributed by atoms with Crippen LogP contribution in [0.25, 0.3) is 0 Å². The third-order valence-electron chi connectivity index (χ3n) is 4.53. The van der Waals surface area contributed by atoms with E-state index >= 15 is 0 Å². The maximum absolute atomic E-state index is 12.6. The van der Waals surface area contributed by atoms with Crippen molar-refractivity contribution >= 4 is 10.0 Å². The molecule has 1 N–H and O–H groups in total. The van der Waals surface area contributed by atoms with E-state index in [0.29, 0.717) is 37.0 Å². The number of nitrogens with zero attached hydrogens (tertiary/aromatic N) is 2. The van der Waals surface area contributed by atoms with Crippen molar-refractivity contribution < 1.29 is 22.6 Å². The molecule has 1 saturated carbocycles. The molecule has 9 heteroatoms. The Balaban J connectivity index is 1.53. The molecule has 1 aromatic carbocycles. The molecular formula is C19H25N3O5S. The van der Waals surface area contributed by atoms with Gasteiger partial charge in [0.1, 0.15) is 11.9 Å². The summed E-state index contributed by atoms with van der Waals surface area (Å²) in [5.41, 5.74) is 0. The highest BCUT2D eigenvalue weighted by atomic mass is 32.2. The highest BCUT2D eigenvalue weighted by Crippen LogP contribution is 2.25. The largest absolute Gasteiger partial charge is 0.494 e. The summed E-state index contributed by atoms with van der Waals surface area (Å²) in [7, 11) is -2.04. The SMILES string of the molecule is CCOc1ccc(S(=O)(=O)NC2CCC(Oc3cncc(OC)n3)CC2)cc1. The molecule has 1 aromatic heterocycles. The first-order chi connectivity index (χ1) is 13.5. The Kier molecular flexibility index (Phi) is 6.69. The zero-order chi connectivity index (χ0) is 20.0. The fourth-order valence-electron chi connectivity index (χ4n) is 3.12. The number of methoxy groups -OCH3 is 1. The molecule has 3 rings (SSSR count). The third-order valence-corrected chi connectivity index (χ3v) is 6.06. The van der Waals surface area contributed by atoms with E-state index in [4.69, 9.17) is 14.2 Å². The molecule has 0 atom stereocenters. The predicted octanol–water partition coefficient (Wildman–Crippen LogP) is 2.55. The Morgan fingerprint density at radius 3 is 2.39 bits per heavy atom. The maximum Gasteiger partial charge on any atom is 0.240 e. The summed E-state index contributed by atoms with van der Waals surface area (Å²) in [6.45, 7) is 2.42. The third kappa shape index (κ3) is 5.32. The van der Waals surface area contributed by atoms with Crippen molar-refractivity contribution in [1.29, 1.82) is 0 Å². The van der Waals surface area contributed by atoms with Gasteiger partial charge in [0, 0.05) is 6.04 Å². The maximum atomic E-state index is 12.6. The second-order valence-corrected chi connectivity index (χ2v) is 8.23. The quantitative estimate of drug-likeness (QED) is 0.718. The van der Waals surface area contributed by atoms with Crippen LogP contribution in [-0.2, 0) is 10.0 Å². The number of sulfonamides is 1. The summed E-state index contributed by atoms with van der Waals surface area (Å²) in [5.74, 6) is 1.46. The highest BCUT2D eigenvalue weighted by molar-refractivity contribution is 7.89. The number of benzene rings is 1.